The molecule has 220 valence electrons. The Bertz CT molecular complexity index is 844. The van der Waals surface area contributed by atoms with Gasteiger partial charge in [0.15, 0.2) is 5.76 Å². The number of carbonyl (C=O) groups is 1. The number of carboxylic acid groups (broad SMARTS) is 1. The molecule has 0 atom stereocenters. The molecule has 0 aliphatic carbocycles. The molecule has 0 aromatic rings. The fraction of sp³-hybridized carbons (Fsp3) is 0.706. The van der Waals surface area contributed by atoms with E-state index < -0.39 is 66.0 Å². The fourth-order valence-electron chi connectivity index (χ4n) is 1.83. The van der Waals surface area contributed by atoms with Crippen LogP contribution in [-0.4, -0.2) is 65.3 Å². The Balaban J connectivity index is 0. The van der Waals surface area contributed by atoms with E-state index in [1.54, 1.807) is 0 Å². The summed E-state index contributed by atoms with van der Waals surface area (Å²) in [5.41, 5.74) is 0.176. The SMILES string of the molecule is C=C(C)C(=O)O.CC=C(OCC)C(F)(F)C(F)(F)C(F)(F)C(F)(F)C(F)(F)C(F)(F)C(F)(F)C(F)(F)F. The van der Waals surface area contributed by atoms with Crippen LogP contribution in [-0.2, 0) is 9.53 Å². The second-order valence-corrected chi connectivity index (χ2v) is 6.69. The van der Waals surface area contributed by atoms with Crippen molar-refractivity contribution in [3.63, 3.8) is 0 Å². The molecule has 0 radical (unpaired) electrons. The van der Waals surface area contributed by atoms with E-state index in [1.807, 2.05) is 0 Å². The van der Waals surface area contributed by atoms with Gasteiger partial charge >= 0.3 is 53.6 Å². The number of aliphatic carboxylic acids is 1. The molecule has 37 heavy (non-hydrogen) atoms. The van der Waals surface area contributed by atoms with Gasteiger partial charge < -0.3 is 9.84 Å². The number of carboxylic acids is 1. The van der Waals surface area contributed by atoms with Crippen LogP contribution in [0.3, 0.4) is 0 Å². The normalized spacial score (nSPS) is 15.1. The zero-order valence-electron chi connectivity index (χ0n) is 18.2. The molecule has 0 unspecified atom stereocenters. The molecule has 0 spiro atoms. The van der Waals surface area contributed by atoms with Crippen molar-refractivity contribution < 1.29 is 89.3 Å². The van der Waals surface area contributed by atoms with Gasteiger partial charge in [-0.05, 0) is 26.8 Å². The minimum atomic E-state index is -8.64. The first kappa shape index (κ1) is 36.7. The predicted octanol–water partition coefficient (Wildman–Crippen LogP) is 7.58. The third-order valence-corrected chi connectivity index (χ3v) is 3.96. The van der Waals surface area contributed by atoms with Gasteiger partial charge in [0.2, 0.25) is 0 Å². The summed E-state index contributed by atoms with van der Waals surface area (Å²) in [5.74, 6) is -60.1. The van der Waals surface area contributed by atoms with Gasteiger partial charge in [-0.3, -0.25) is 0 Å². The Hall–Kier alpha value is -2.44. The van der Waals surface area contributed by atoms with E-state index in [1.165, 1.54) is 6.92 Å². The van der Waals surface area contributed by atoms with Crippen molar-refractivity contribution in [1.82, 2.24) is 0 Å². The zero-order chi connectivity index (χ0) is 30.9. The summed E-state index contributed by atoms with van der Waals surface area (Å²) in [6.07, 6.45) is -8.01. The third-order valence-electron chi connectivity index (χ3n) is 3.96. The molecule has 0 rings (SSSR count). The van der Waals surface area contributed by atoms with Crippen LogP contribution in [0.15, 0.2) is 24.0 Å². The van der Waals surface area contributed by atoms with Crippen LogP contribution in [0.5, 0.6) is 0 Å². The average molecular weight is 590 g/mol. The average Bonchev–Trinajstić information content (AvgIpc) is 2.70. The summed E-state index contributed by atoms with van der Waals surface area (Å²) < 4.78 is 226. The van der Waals surface area contributed by atoms with Crippen LogP contribution in [0, 0.1) is 0 Å². The van der Waals surface area contributed by atoms with Crippen molar-refractivity contribution >= 4 is 5.97 Å². The highest BCUT2D eigenvalue weighted by Gasteiger charge is 2.95. The van der Waals surface area contributed by atoms with E-state index in [9.17, 15) is 79.4 Å². The number of hydrogen-bond acceptors (Lipinski definition) is 2. The smallest absolute Gasteiger partial charge is 0.460 e. The molecule has 0 amide bonds. The second-order valence-electron chi connectivity index (χ2n) is 6.69. The number of allylic oxidation sites excluding steroid dienone is 2. The largest absolute Gasteiger partial charge is 0.492 e. The van der Waals surface area contributed by atoms with Gasteiger partial charge in [-0.25, -0.2) is 4.79 Å². The number of rotatable bonds is 10. The van der Waals surface area contributed by atoms with Crippen molar-refractivity contribution in [2.45, 2.75) is 68.4 Å². The number of ether oxygens (including phenoxy) is 1. The highest BCUT2D eigenvalue weighted by Crippen LogP contribution is 2.64. The first-order valence-corrected chi connectivity index (χ1v) is 8.81. The molecule has 0 heterocycles. The van der Waals surface area contributed by atoms with Crippen molar-refractivity contribution in [3.8, 4) is 0 Å². The standard InChI is InChI=1S/C13H9F17O.C4H6O2/c1-3-5(31-4-2)6(14,15)7(16,17)8(18,19)9(20,21)10(22,23)11(24,25)12(26,27)13(28,29)30;1-3(2)4(5)6/h3H,4H2,1-2H3;1H2,2H3,(H,5,6). The molecule has 0 aliphatic rings. The maximum Gasteiger partial charge on any atom is 0.460 e. The summed E-state index contributed by atoms with van der Waals surface area (Å²) >= 11 is 0. The fourth-order valence-corrected chi connectivity index (χ4v) is 1.83. The molecule has 0 aromatic carbocycles. The lowest BCUT2D eigenvalue weighted by molar-refractivity contribution is -0.460. The van der Waals surface area contributed by atoms with Crippen molar-refractivity contribution in [1.29, 1.82) is 0 Å². The molecule has 0 aliphatic heterocycles. The monoisotopic (exact) mass is 590 g/mol. The van der Waals surface area contributed by atoms with Crippen molar-refractivity contribution in [2.75, 3.05) is 6.61 Å². The number of hydrogen-bond donors (Lipinski definition) is 1. The van der Waals surface area contributed by atoms with Crippen LogP contribution in [0.2, 0.25) is 0 Å². The van der Waals surface area contributed by atoms with E-state index in [0.29, 0.717) is 6.92 Å². The van der Waals surface area contributed by atoms with E-state index >= 15 is 0 Å². The second kappa shape index (κ2) is 10.7. The van der Waals surface area contributed by atoms with Crippen LogP contribution >= 0.6 is 0 Å². The first-order chi connectivity index (χ1) is 15.9. The van der Waals surface area contributed by atoms with Gasteiger partial charge in [-0.1, -0.05) is 6.58 Å². The maximum atomic E-state index is 13.7. The van der Waals surface area contributed by atoms with Gasteiger partial charge in [-0.2, -0.15) is 74.6 Å². The molecule has 1 N–H and O–H groups in total. The Morgan fingerprint density at radius 1 is 0.703 bits per heavy atom. The third kappa shape index (κ3) is 5.85. The first-order valence-electron chi connectivity index (χ1n) is 8.81. The Labute approximate surface area is 195 Å². The topological polar surface area (TPSA) is 46.5 Å². The quantitative estimate of drug-likeness (QED) is 0.162. The lowest BCUT2D eigenvalue weighted by Gasteiger charge is -2.42. The van der Waals surface area contributed by atoms with E-state index in [2.05, 4.69) is 11.3 Å². The van der Waals surface area contributed by atoms with Crippen LogP contribution in [0.25, 0.3) is 0 Å². The Morgan fingerprint density at radius 3 is 1.19 bits per heavy atom. The highest BCUT2D eigenvalue weighted by molar-refractivity contribution is 5.84. The highest BCUT2D eigenvalue weighted by atomic mass is 19.4. The zero-order valence-corrected chi connectivity index (χ0v) is 18.2. The summed E-state index contributed by atoms with van der Waals surface area (Å²) in [6.45, 7) is 4.71. The minimum absolute atomic E-state index is 0.176. The van der Waals surface area contributed by atoms with E-state index in [4.69, 9.17) is 5.11 Å². The molecule has 0 saturated carbocycles. The minimum Gasteiger partial charge on any atom is -0.492 e. The van der Waals surface area contributed by atoms with Gasteiger partial charge in [0.25, 0.3) is 0 Å². The summed E-state index contributed by atoms with van der Waals surface area (Å²) in [7, 11) is 0. The van der Waals surface area contributed by atoms with Gasteiger partial charge in [0.1, 0.15) is 0 Å². The van der Waals surface area contributed by atoms with Crippen LogP contribution < -0.4 is 0 Å². The maximum absolute atomic E-state index is 13.7. The predicted molar refractivity (Wildman–Crippen MR) is 88.5 cm³/mol. The van der Waals surface area contributed by atoms with Crippen LogP contribution in [0.4, 0.5) is 74.6 Å². The summed E-state index contributed by atoms with van der Waals surface area (Å²) in [5, 5.41) is 7.89. The summed E-state index contributed by atoms with van der Waals surface area (Å²) in [6, 6.07) is 0. The molecule has 0 bridgehead atoms. The van der Waals surface area contributed by atoms with Gasteiger partial charge in [0.05, 0.1) is 6.61 Å². The lowest BCUT2D eigenvalue weighted by Crippen LogP contribution is -2.74. The van der Waals surface area contributed by atoms with Gasteiger partial charge in [0, 0.05) is 5.57 Å². The molecular formula is C17H15F17O3. The number of alkyl halides is 17. The van der Waals surface area contributed by atoms with Crippen molar-refractivity contribution in [3.05, 3.63) is 24.0 Å². The summed E-state index contributed by atoms with van der Waals surface area (Å²) in [4.78, 5) is 9.60. The van der Waals surface area contributed by atoms with Crippen molar-refractivity contribution in [2.24, 2.45) is 0 Å². The van der Waals surface area contributed by atoms with E-state index in [-0.39, 0.29) is 11.6 Å². The van der Waals surface area contributed by atoms with E-state index in [0.717, 1.165) is 6.92 Å². The molecule has 3 nitrogen and oxygen atoms in total. The molecular weight excluding hydrogens is 575 g/mol. The molecule has 20 heteroatoms. The molecule has 0 saturated heterocycles. The lowest BCUT2D eigenvalue weighted by atomic mass is 9.88. The molecule has 0 aromatic heterocycles. The molecule has 0 fully saturated rings. The van der Waals surface area contributed by atoms with Crippen LogP contribution in [0.1, 0.15) is 20.8 Å². The Morgan fingerprint density at radius 2 is 0.973 bits per heavy atom. The van der Waals surface area contributed by atoms with Gasteiger partial charge in [-0.15, -0.1) is 0 Å². The Kier molecular flexibility index (Phi) is 10.7. The number of halogens is 17.